The van der Waals surface area contributed by atoms with Crippen LogP contribution in [0.1, 0.15) is 32.1 Å². The third kappa shape index (κ3) is 3.05. The average molecular weight is 410 g/mol. The standard InChI is InChI=1S/C20H23N7OS/c1-26-17-11-14-12-22-19(25-29(28)16-7-5-15(21)6-8-16)24-18(14)27(17)20(13-23-26)9-3-2-4-10-20/h5-8,11-13H,2-4,9-10,21H2,1H3,(H,22,24,25). The molecule has 1 atom stereocenters. The molecule has 1 spiro atoms. The molecule has 0 saturated heterocycles. The van der Waals surface area contributed by atoms with Crippen molar-refractivity contribution in [2.24, 2.45) is 5.10 Å². The SMILES string of the molecule is CN1N=CC2(CCCCC2)n2c1cc1cnc(NS(=O)c3ccc(N)cc3)nc12. The van der Waals surface area contributed by atoms with Crippen LogP contribution >= 0.6 is 0 Å². The Morgan fingerprint density at radius 3 is 2.69 bits per heavy atom. The minimum absolute atomic E-state index is 0.149. The summed E-state index contributed by atoms with van der Waals surface area (Å²) in [4.78, 5) is 9.75. The molecule has 9 heteroatoms. The van der Waals surface area contributed by atoms with Crippen molar-refractivity contribution in [1.29, 1.82) is 0 Å². The van der Waals surface area contributed by atoms with Crippen LogP contribution in [0.2, 0.25) is 0 Å². The van der Waals surface area contributed by atoms with E-state index in [-0.39, 0.29) is 5.54 Å². The number of nitrogens with one attached hydrogen (secondary N) is 1. The number of nitrogens with zero attached hydrogens (tertiary/aromatic N) is 5. The second kappa shape index (κ2) is 6.84. The van der Waals surface area contributed by atoms with Crippen molar-refractivity contribution in [3.05, 3.63) is 36.5 Å². The Balaban J connectivity index is 1.55. The summed E-state index contributed by atoms with van der Waals surface area (Å²) in [5, 5.41) is 7.45. The summed E-state index contributed by atoms with van der Waals surface area (Å²) in [6, 6.07) is 8.99. The summed E-state index contributed by atoms with van der Waals surface area (Å²) in [7, 11) is 0.472. The zero-order valence-corrected chi connectivity index (χ0v) is 17.0. The average Bonchev–Trinajstić information content (AvgIpc) is 3.13. The van der Waals surface area contributed by atoms with Crippen molar-refractivity contribution < 1.29 is 4.21 Å². The van der Waals surface area contributed by atoms with Gasteiger partial charge in [-0.1, -0.05) is 19.3 Å². The molecular weight excluding hydrogens is 386 g/mol. The summed E-state index contributed by atoms with van der Waals surface area (Å²) in [5.41, 5.74) is 7.03. The maximum absolute atomic E-state index is 12.7. The Morgan fingerprint density at radius 1 is 1.17 bits per heavy atom. The molecule has 1 aliphatic heterocycles. The molecule has 3 N–H and O–H groups in total. The lowest BCUT2D eigenvalue weighted by molar-refractivity contribution is 0.290. The van der Waals surface area contributed by atoms with Gasteiger partial charge in [-0.3, -0.25) is 14.3 Å². The third-order valence-electron chi connectivity index (χ3n) is 5.77. The molecule has 150 valence electrons. The van der Waals surface area contributed by atoms with E-state index in [4.69, 9.17) is 10.7 Å². The first-order valence-corrected chi connectivity index (χ1v) is 10.9. The molecule has 2 aromatic heterocycles. The van der Waals surface area contributed by atoms with Crippen molar-refractivity contribution in [2.75, 3.05) is 22.5 Å². The van der Waals surface area contributed by atoms with Crippen LogP contribution in [0.4, 0.5) is 17.5 Å². The van der Waals surface area contributed by atoms with Gasteiger partial charge in [0.25, 0.3) is 0 Å². The largest absolute Gasteiger partial charge is 0.399 e. The molecule has 1 aliphatic carbocycles. The van der Waals surface area contributed by atoms with Gasteiger partial charge >= 0.3 is 0 Å². The van der Waals surface area contributed by atoms with E-state index in [1.807, 2.05) is 12.1 Å². The maximum atomic E-state index is 12.7. The number of hydrazone groups is 1. The fourth-order valence-electron chi connectivity index (χ4n) is 4.26. The number of fused-ring (bicyclic) bond motifs is 4. The second-order valence-electron chi connectivity index (χ2n) is 7.68. The Hall–Kier alpha value is -2.94. The fourth-order valence-corrected chi connectivity index (χ4v) is 5.03. The number of benzene rings is 1. The van der Waals surface area contributed by atoms with E-state index >= 15 is 0 Å². The van der Waals surface area contributed by atoms with Crippen LogP contribution in [0.3, 0.4) is 0 Å². The normalized spacial score (nSPS) is 18.7. The topological polar surface area (TPSA) is 101 Å². The highest BCUT2D eigenvalue weighted by molar-refractivity contribution is 7.86. The van der Waals surface area contributed by atoms with Gasteiger partial charge < -0.3 is 5.73 Å². The van der Waals surface area contributed by atoms with Crippen molar-refractivity contribution in [1.82, 2.24) is 14.5 Å². The van der Waals surface area contributed by atoms with Gasteiger partial charge in [0.2, 0.25) is 5.95 Å². The summed E-state index contributed by atoms with van der Waals surface area (Å²) in [6.45, 7) is 0. The molecule has 29 heavy (non-hydrogen) atoms. The van der Waals surface area contributed by atoms with Crippen LogP contribution < -0.4 is 15.5 Å². The minimum atomic E-state index is -1.47. The molecule has 8 nitrogen and oxygen atoms in total. The van der Waals surface area contributed by atoms with E-state index in [9.17, 15) is 4.21 Å². The highest BCUT2D eigenvalue weighted by Gasteiger charge is 2.38. The van der Waals surface area contributed by atoms with Gasteiger partial charge in [-0.05, 0) is 43.2 Å². The monoisotopic (exact) mass is 409 g/mol. The number of rotatable bonds is 3. The first kappa shape index (κ1) is 18.1. The zero-order chi connectivity index (χ0) is 20.0. The van der Waals surface area contributed by atoms with E-state index in [0.717, 1.165) is 29.7 Å². The lowest BCUT2D eigenvalue weighted by atomic mass is 9.82. The summed E-state index contributed by atoms with van der Waals surface area (Å²) in [6.07, 6.45) is 9.54. The second-order valence-corrected chi connectivity index (χ2v) is 8.90. The van der Waals surface area contributed by atoms with Crippen LogP contribution in [0.25, 0.3) is 11.0 Å². The molecule has 1 fully saturated rings. The Labute approximate surface area is 171 Å². The molecule has 1 saturated carbocycles. The number of anilines is 3. The van der Waals surface area contributed by atoms with Crippen molar-refractivity contribution in [3.63, 3.8) is 0 Å². The van der Waals surface area contributed by atoms with Gasteiger partial charge in [-0.15, -0.1) is 0 Å². The smallest absolute Gasteiger partial charge is 0.236 e. The van der Waals surface area contributed by atoms with Crippen LogP contribution in [0.5, 0.6) is 0 Å². The van der Waals surface area contributed by atoms with Gasteiger partial charge in [-0.25, -0.2) is 9.19 Å². The van der Waals surface area contributed by atoms with Gasteiger partial charge in [0.05, 0.1) is 16.6 Å². The van der Waals surface area contributed by atoms with E-state index in [2.05, 4.69) is 31.7 Å². The first-order chi connectivity index (χ1) is 14.1. The fraction of sp³-hybridized carbons (Fsp3) is 0.350. The van der Waals surface area contributed by atoms with Crippen LogP contribution in [0, 0.1) is 0 Å². The van der Waals surface area contributed by atoms with Gasteiger partial charge in [0.15, 0.2) is 11.0 Å². The van der Waals surface area contributed by atoms with Gasteiger partial charge in [-0.2, -0.15) is 10.1 Å². The molecule has 0 bridgehead atoms. The molecular formula is C20H23N7OS. The van der Waals surface area contributed by atoms with Crippen LogP contribution in [0.15, 0.2) is 46.5 Å². The molecule has 2 aliphatic rings. The summed E-state index contributed by atoms with van der Waals surface area (Å²) >= 11 is 0. The number of nitrogens with two attached hydrogens (primary N) is 1. The summed E-state index contributed by atoms with van der Waals surface area (Å²) < 4.78 is 17.9. The molecule has 1 unspecified atom stereocenters. The number of hydrogen-bond donors (Lipinski definition) is 2. The summed E-state index contributed by atoms with van der Waals surface area (Å²) in [5.74, 6) is 1.35. The first-order valence-electron chi connectivity index (χ1n) is 9.78. The lowest BCUT2D eigenvalue weighted by Crippen LogP contribution is -2.42. The third-order valence-corrected chi connectivity index (χ3v) is 6.84. The predicted octanol–water partition coefficient (Wildman–Crippen LogP) is 3.24. The quantitative estimate of drug-likeness (QED) is 0.647. The molecule has 0 radical (unpaired) electrons. The zero-order valence-electron chi connectivity index (χ0n) is 16.2. The molecule has 1 aromatic carbocycles. The van der Waals surface area contributed by atoms with E-state index < -0.39 is 11.0 Å². The molecule has 5 rings (SSSR count). The van der Waals surface area contributed by atoms with E-state index in [1.165, 1.54) is 19.3 Å². The molecule has 0 amide bonds. The Kier molecular flexibility index (Phi) is 4.27. The Morgan fingerprint density at radius 2 is 1.93 bits per heavy atom. The van der Waals surface area contributed by atoms with E-state index in [1.54, 1.807) is 30.5 Å². The number of aromatic nitrogens is 3. The molecule has 3 aromatic rings. The van der Waals surface area contributed by atoms with Crippen molar-refractivity contribution in [2.45, 2.75) is 42.5 Å². The maximum Gasteiger partial charge on any atom is 0.236 e. The van der Waals surface area contributed by atoms with E-state index in [0.29, 0.717) is 16.5 Å². The predicted molar refractivity (Wildman–Crippen MR) is 116 cm³/mol. The van der Waals surface area contributed by atoms with Crippen LogP contribution in [-0.4, -0.2) is 32.0 Å². The minimum Gasteiger partial charge on any atom is -0.399 e. The highest BCUT2D eigenvalue weighted by Crippen LogP contribution is 2.42. The number of nitrogen functional groups attached to an aromatic ring is 1. The molecule has 3 heterocycles. The van der Waals surface area contributed by atoms with Gasteiger partial charge in [0.1, 0.15) is 11.5 Å². The highest BCUT2D eigenvalue weighted by atomic mass is 32.2. The van der Waals surface area contributed by atoms with Gasteiger partial charge in [0, 0.05) is 24.3 Å². The number of hydrogen-bond acceptors (Lipinski definition) is 6. The lowest BCUT2D eigenvalue weighted by Gasteiger charge is -2.40. The Bertz CT molecular complexity index is 1120. The van der Waals surface area contributed by atoms with Crippen LogP contribution in [-0.2, 0) is 16.5 Å². The van der Waals surface area contributed by atoms with Crippen molar-refractivity contribution >= 4 is 45.7 Å². The van der Waals surface area contributed by atoms with Crippen molar-refractivity contribution in [3.8, 4) is 0 Å².